The average Bonchev–Trinajstić information content (AvgIpc) is 3.33. The van der Waals surface area contributed by atoms with Crippen LogP contribution >= 0.6 is 0 Å². The zero-order valence-electron chi connectivity index (χ0n) is 20.7. The first-order valence-corrected chi connectivity index (χ1v) is 12.9. The lowest BCUT2D eigenvalue weighted by Crippen LogP contribution is -2.63. The van der Waals surface area contributed by atoms with Gasteiger partial charge in [-0.3, -0.25) is 9.78 Å². The molecule has 3 fully saturated rings. The molecule has 6 rings (SSSR count). The third kappa shape index (κ3) is 2.86. The Hall–Kier alpha value is -2.35. The van der Waals surface area contributed by atoms with Crippen LogP contribution in [0.1, 0.15) is 57.7 Å². The van der Waals surface area contributed by atoms with E-state index in [1.165, 1.54) is 11.1 Å². The van der Waals surface area contributed by atoms with Gasteiger partial charge in [0, 0.05) is 17.8 Å². The fourth-order valence-corrected chi connectivity index (χ4v) is 8.92. The van der Waals surface area contributed by atoms with Gasteiger partial charge in [0.2, 0.25) is 0 Å². The number of ketones is 1. The fraction of sp³-hybridized carbons (Fsp3) is 0.607. The number of allylic oxidation sites excluding steroid dienone is 1. The second-order valence-corrected chi connectivity index (χ2v) is 11.9. The number of aliphatic hydroxyl groups excluding tert-OH is 2. The number of Topliss-reactive ketones (excluding diaryl/α,β-unsaturated/α-hetero) is 1. The van der Waals surface area contributed by atoms with E-state index < -0.39 is 29.5 Å². The van der Waals surface area contributed by atoms with Gasteiger partial charge in [-0.1, -0.05) is 26.3 Å². The number of aromatic nitrogens is 3. The van der Waals surface area contributed by atoms with E-state index in [4.69, 9.17) is 0 Å². The van der Waals surface area contributed by atoms with Gasteiger partial charge in [0.25, 0.3) is 0 Å². The lowest BCUT2D eigenvalue weighted by Gasteiger charge is -2.60. The molecule has 4 aliphatic carbocycles. The molecule has 0 bridgehead atoms. The number of aliphatic hydroxyl groups is 3. The van der Waals surface area contributed by atoms with Crippen molar-refractivity contribution in [3.63, 3.8) is 0 Å². The highest BCUT2D eigenvalue weighted by molar-refractivity contribution is 5.90. The number of nitrogens with zero attached hydrogens (tertiary/aromatic N) is 3. The maximum atomic E-state index is 12.8. The van der Waals surface area contributed by atoms with Crippen LogP contribution in [0.2, 0.25) is 0 Å². The summed E-state index contributed by atoms with van der Waals surface area (Å²) in [7, 11) is 0. The number of pyridine rings is 1. The van der Waals surface area contributed by atoms with Crippen molar-refractivity contribution in [3.05, 3.63) is 47.6 Å². The molecule has 7 heteroatoms. The lowest BCUT2D eigenvalue weighted by molar-refractivity contribution is -0.186. The van der Waals surface area contributed by atoms with Gasteiger partial charge in [0.15, 0.2) is 5.78 Å². The summed E-state index contributed by atoms with van der Waals surface area (Å²) < 4.78 is 1.98. The lowest BCUT2D eigenvalue weighted by atomic mass is 9.45. The van der Waals surface area contributed by atoms with Crippen LogP contribution < -0.4 is 0 Å². The van der Waals surface area contributed by atoms with Gasteiger partial charge in [0.1, 0.15) is 12.2 Å². The minimum absolute atomic E-state index is 0.0526. The predicted molar refractivity (Wildman–Crippen MR) is 130 cm³/mol. The van der Waals surface area contributed by atoms with Gasteiger partial charge in [0.05, 0.1) is 23.7 Å². The van der Waals surface area contributed by atoms with Crippen LogP contribution in [0.5, 0.6) is 0 Å². The molecule has 8 atom stereocenters. The molecular weight excluding hydrogens is 442 g/mol. The molecule has 3 saturated carbocycles. The summed E-state index contributed by atoms with van der Waals surface area (Å²) >= 11 is 0. The first-order valence-electron chi connectivity index (χ1n) is 12.9. The van der Waals surface area contributed by atoms with Crippen molar-refractivity contribution in [2.45, 2.75) is 64.6 Å². The highest BCUT2D eigenvalue weighted by Crippen LogP contribution is 2.68. The molecule has 4 aliphatic rings. The first kappa shape index (κ1) is 23.1. The van der Waals surface area contributed by atoms with Gasteiger partial charge in [-0.25, -0.2) is 4.68 Å². The maximum absolute atomic E-state index is 12.8. The second-order valence-electron chi connectivity index (χ2n) is 11.9. The molecule has 186 valence electrons. The molecule has 0 aromatic carbocycles. The quantitative estimate of drug-likeness (QED) is 0.627. The van der Waals surface area contributed by atoms with Crippen molar-refractivity contribution in [1.82, 2.24) is 14.8 Å². The highest BCUT2D eigenvalue weighted by Gasteiger charge is 2.70. The smallest absolute Gasteiger partial charge is 0.190 e. The third-order valence-corrected chi connectivity index (χ3v) is 10.5. The van der Waals surface area contributed by atoms with Crippen molar-refractivity contribution in [1.29, 1.82) is 0 Å². The molecule has 7 nitrogen and oxygen atoms in total. The number of fused-ring (bicyclic) bond motifs is 6. The fourth-order valence-electron chi connectivity index (χ4n) is 8.92. The van der Waals surface area contributed by atoms with Crippen LogP contribution in [0.3, 0.4) is 0 Å². The van der Waals surface area contributed by atoms with E-state index in [-0.39, 0.29) is 29.1 Å². The number of carbonyl (C=O) groups is 1. The van der Waals surface area contributed by atoms with Crippen LogP contribution in [0, 0.1) is 34.5 Å². The van der Waals surface area contributed by atoms with E-state index in [1.54, 1.807) is 12.4 Å². The molecule has 0 amide bonds. The summed E-state index contributed by atoms with van der Waals surface area (Å²) in [6.45, 7) is 5.52. The second kappa shape index (κ2) is 7.58. The molecule has 0 radical (unpaired) electrons. The molecule has 3 N–H and O–H groups in total. The van der Waals surface area contributed by atoms with Crippen LogP contribution in [0.4, 0.5) is 0 Å². The number of hydrogen-bond donors (Lipinski definition) is 3. The van der Waals surface area contributed by atoms with Crippen LogP contribution in [-0.2, 0) is 11.2 Å². The standard InChI is InChI=1S/C28H35N3O4/c1-16-10-21-20-5-4-18-11-22-17(14-30-31(22)19-6-8-29-9-7-19)12-26(18,2)25(20)23(33)13-27(21,3)28(16,35)24(34)15-32/h6-9,11,14,16,20-21,23,25,32-33,35H,4-5,10,12-13,15H2,1-3H3/t16-,20+,21+,23+,25-,26+,27+,28+/m1/s1. The summed E-state index contributed by atoms with van der Waals surface area (Å²) in [6, 6.07) is 3.91. The Labute approximate surface area is 205 Å². The minimum Gasteiger partial charge on any atom is -0.393 e. The Morgan fingerprint density at radius 3 is 2.71 bits per heavy atom. The molecule has 0 unspecified atom stereocenters. The monoisotopic (exact) mass is 477 g/mol. The van der Waals surface area contributed by atoms with Gasteiger partial charge in [-0.15, -0.1) is 0 Å². The Kier molecular flexibility index (Phi) is 4.99. The van der Waals surface area contributed by atoms with Crippen molar-refractivity contribution in [2.24, 2.45) is 34.5 Å². The summed E-state index contributed by atoms with van der Waals surface area (Å²) in [5.74, 6) is -0.355. The van der Waals surface area contributed by atoms with E-state index in [1.807, 2.05) is 36.9 Å². The highest BCUT2D eigenvalue weighted by atomic mass is 16.3. The Bertz CT molecular complexity index is 1210. The molecular formula is C28H35N3O4. The van der Waals surface area contributed by atoms with Gasteiger partial charge in [-0.2, -0.15) is 5.10 Å². The van der Waals surface area contributed by atoms with Gasteiger partial charge >= 0.3 is 0 Å². The van der Waals surface area contributed by atoms with E-state index in [0.29, 0.717) is 6.42 Å². The summed E-state index contributed by atoms with van der Waals surface area (Å²) in [5, 5.41) is 37.7. The first-order chi connectivity index (χ1) is 16.6. The van der Waals surface area contributed by atoms with Crippen molar-refractivity contribution in [3.8, 4) is 5.69 Å². The maximum Gasteiger partial charge on any atom is 0.190 e. The van der Waals surface area contributed by atoms with Crippen molar-refractivity contribution in [2.75, 3.05) is 6.61 Å². The molecule has 35 heavy (non-hydrogen) atoms. The van der Waals surface area contributed by atoms with Crippen LogP contribution in [0.15, 0.2) is 36.3 Å². The van der Waals surface area contributed by atoms with Crippen LogP contribution in [-0.4, -0.2) is 54.2 Å². The van der Waals surface area contributed by atoms with Crippen LogP contribution in [0.25, 0.3) is 11.8 Å². The zero-order valence-corrected chi connectivity index (χ0v) is 20.7. The third-order valence-electron chi connectivity index (χ3n) is 10.5. The van der Waals surface area contributed by atoms with E-state index >= 15 is 0 Å². The normalized spacial score (nSPS) is 41.9. The van der Waals surface area contributed by atoms with Crippen molar-refractivity contribution >= 4 is 11.9 Å². The van der Waals surface area contributed by atoms with Gasteiger partial charge < -0.3 is 15.3 Å². The number of hydrogen-bond acceptors (Lipinski definition) is 6. The average molecular weight is 478 g/mol. The Balaban J connectivity index is 1.39. The SMILES string of the molecule is C[C@@H]1C[C@H]2[C@@H]3CCC4=Cc5c(cnn5-c5ccncc5)C[C@]4(C)[C@H]3[C@@H](O)C[C@]2(C)[C@@]1(O)C(=O)CO. The topological polar surface area (TPSA) is 108 Å². The van der Waals surface area contributed by atoms with Crippen molar-refractivity contribution < 1.29 is 20.1 Å². The predicted octanol–water partition coefficient (Wildman–Crippen LogP) is 2.96. The Morgan fingerprint density at radius 2 is 2.00 bits per heavy atom. The molecule has 2 aromatic rings. The molecule has 0 aliphatic heterocycles. The minimum atomic E-state index is -1.60. The zero-order chi connectivity index (χ0) is 24.8. The summed E-state index contributed by atoms with van der Waals surface area (Å²) in [5.41, 5.74) is 2.09. The molecule has 0 spiro atoms. The summed E-state index contributed by atoms with van der Waals surface area (Å²) in [4.78, 5) is 16.9. The number of carbonyl (C=O) groups excluding carboxylic acids is 1. The number of rotatable bonds is 3. The Morgan fingerprint density at radius 1 is 1.26 bits per heavy atom. The molecule has 0 saturated heterocycles. The van der Waals surface area contributed by atoms with E-state index in [9.17, 15) is 20.1 Å². The molecule has 2 aromatic heterocycles. The largest absolute Gasteiger partial charge is 0.393 e. The molecule has 2 heterocycles. The summed E-state index contributed by atoms with van der Waals surface area (Å²) in [6.07, 6.45) is 10.9. The van der Waals surface area contributed by atoms with Gasteiger partial charge in [-0.05, 0) is 85.0 Å². The van der Waals surface area contributed by atoms with E-state index in [0.717, 1.165) is 37.1 Å². The van der Waals surface area contributed by atoms with E-state index in [2.05, 4.69) is 23.1 Å².